The summed E-state index contributed by atoms with van der Waals surface area (Å²) < 4.78 is 0. The minimum absolute atomic E-state index is 0.231. The first-order valence-electron chi connectivity index (χ1n) is 10.3. The molecule has 2 aromatic carbocycles. The number of aryl methyl sites for hydroxylation is 1. The predicted molar refractivity (Wildman–Crippen MR) is 113 cm³/mol. The lowest BCUT2D eigenvalue weighted by atomic mass is 9.90. The van der Waals surface area contributed by atoms with Crippen LogP contribution in [-0.2, 0) is 11.2 Å². The molecule has 1 saturated heterocycles. The Kier molecular flexibility index (Phi) is 7.05. The van der Waals surface area contributed by atoms with Crippen LogP contribution in [0.25, 0.3) is 0 Å². The number of piperidine rings is 1. The van der Waals surface area contributed by atoms with Gasteiger partial charge in [0.15, 0.2) is 0 Å². The zero-order valence-corrected chi connectivity index (χ0v) is 16.7. The highest BCUT2D eigenvalue weighted by atomic mass is 16.2. The van der Waals surface area contributed by atoms with Gasteiger partial charge >= 0.3 is 0 Å². The van der Waals surface area contributed by atoms with Crippen molar-refractivity contribution in [3.8, 4) is 0 Å². The van der Waals surface area contributed by atoms with E-state index < -0.39 is 0 Å². The summed E-state index contributed by atoms with van der Waals surface area (Å²) in [5.41, 5.74) is 3.66. The molecule has 2 aromatic rings. The third-order valence-corrected chi connectivity index (χ3v) is 5.65. The van der Waals surface area contributed by atoms with Gasteiger partial charge in [-0.2, -0.15) is 0 Å². The Bertz CT molecular complexity index is 720. The van der Waals surface area contributed by atoms with Crippen LogP contribution in [0.1, 0.15) is 37.3 Å². The molecule has 1 aliphatic rings. The van der Waals surface area contributed by atoms with Gasteiger partial charge in [0.25, 0.3) is 0 Å². The third-order valence-electron chi connectivity index (χ3n) is 5.65. The highest BCUT2D eigenvalue weighted by Crippen LogP contribution is 2.22. The molecule has 0 atom stereocenters. The van der Waals surface area contributed by atoms with E-state index in [9.17, 15) is 4.79 Å². The zero-order valence-electron chi connectivity index (χ0n) is 16.7. The molecule has 1 aliphatic heterocycles. The predicted octanol–water partition coefficient (Wildman–Crippen LogP) is 4.69. The lowest BCUT2D eigenvalue weighted by molar-refractivity contribution is -0.119. The second kappa shape index (κ2) is 9.70. The van der Waals surface area contributed by atoms with E-state index in [4.69, 9.17) is 0 Å². The summed E-state index contributed by atoms with van der Waals surface area (Å²) in [4.78, 5) is 17.1. The van der Waals surface area contributed by atoms with Crippen LogP contribution >= 0.6 is 0 Å². The van der Waals surface area contributed by atoms with Crippen molar-refractivity contribution < 1.29 is 4.79 Å². The molecule has 3 rings (SSSR count). The number of anilines is 1. The molecular formula is C24H32N2O. The van der Waals surface area contributed by atoms with Crippen molar-refractivity contribution in [2.75, 3.05) is 31.1 Å². The number of amides is 1. The fourth-order valence-corrected chi connectivity index (χ4v) is 4.05. The van der Waals surface area contributed by atoms with Crippen LogP contribution in [0.5, 0.6) is 0 Å². The second-order valence-corrected chi connectivity index (χ2v) is 7.70. The van der Waals surface area contributed by atoms with Crippen LogP contribution in [0.3, 0.4) is 0 Å². The summed E-state index contributed by atoms with van der Waals surface area (Å²) in [7, 11) is 0. The lowest BCUT2D eigenvalue weighted by Gasteiger charge is -2.32. The van der Waals surface area contributed by atoms with Crippen LogP contribution in [-0.4, -0.2) is 37.0 Å². The molecule has 3 nitrogen and oxygen atoms in total. The highest BCUT2D eigenvalue weighted by molar-refractivity contribution is 5.93. The lowest BCUT2D eigenvalue weighted by Crippen LogP contribution is -2.38. The Balaban J connectivity index is 1.44. The van der Waals surface area contributed by atoms with Gasteiger partial charge in [0.05, 0.1) is 0 Å². The Labute approximate surface area is 164 Å². The van der Waals surface area contributed by atoms with E-state index in [1.54, 1.807) is 0 Å². The van der Waals surface area contributed by atoms with Gasteiger partial charge in [-0.05, 0) is 75.4 Å². The maximum absolute atomic E-state index is 12.7. The standard InChI is InChI=1S/C24H32N2O/c1-3-26(23-11-7-8-20(2)18-23)24(27)14-17-25-15-12-22(13-16-25)19-21-9-5-4-6-10-21/h4-11,18,22H,3,12-17,19H2,1-2H3. The fourth-order valence-electron chi connectivity index (χ4n) is 4.05. The molecule has 144 valence electrons. The van der Waals surface area contributed by atoms with Crippen LogP contribution in [0.15, 0.2) is 54.6 Å². The first-order valence-corrected chi connectivity index (χ1v) is 10.3. The number of carbonyl (C=O) groups excluding carboxylic acids is 1. The number of nitrogens with zero attached hydrogens (tertiary/aromatic N) is 2. The van der Waals surface area contributed by atoms with Crippen molar-refractivity contribution in [2.24, 2.45) is 5.92 Å². The second-order valence-electron chi connectivity index (χ2n) is 7.70. The summed E-state index contributed by atoms with van der Waals surface area (Å²) in [6.07, 6.45) is 4.26. The summed E-state index contributed by atoms with van der Waals surface area (Å²) in [6.45, 7) is 7.94. The molecule has 0 spiro atoms. The highest BCUT2D eigenvalue weighted by Gasteiger charge is 2.21. The van der Waals surface area contributed by atoms with E-state index in [2.05, 4.69) is 61.2 Å². The van der Waals surface area contributed by atoms with Crippen molar-refractivity contribution in [3.05, 3.63) is 65.7 Å². The first-order chi connectivity index (χ1) is 13.2. The SMILES string of the molecule is CCN(C(=O)CCN1CCC(Cc2ccccc2)CC1)c1cccc(C)c1. The molecule has 0 unspecified atom stereocenters. The van der Waals surface area contributed by atoms with E-state index in [0.717, 1.165) is 37.8 Å². The van der Waals surface area contributed by atoms with Crippen molar-refractivity contribution in [1.29, 1.82) is 0 Å². The number of rotatable bonds is 7. The normalized spacial score (nSPS) is 15.6. The Morgan fingerprint density at radius 3 is 2.48 bits per heavy atom. The van der Waals surface area contributed by atoms with Gasteiger partial charge in [-0.3, -0.25) is 4.79 Å². The molecule has 0 bridgehead atoms. The number of benzene rings is 2. The van der Waals surface area contributed by atoms with Crippen molar-refractivity contribution in [2.45, 2.75) is 39.5 Å². The van der Waals surface area contributed by atoms with Gasteiger partial charge in [0, 0.05) is 25.2 Å². The minimum Gasteiger partial charge on any atom is -0.313 e. The van der Waals surface area contributed by atoms with Gasteiger partial charge in [-0.15, -0.1) is 0 Å². The van der Waals surface area contributed by atoms with Gasteiger partial charge in [0.2, 0.25) is 5.91 Å². The molecule has 27 heavy (non-hydrogen) atoms. The van der Waals surface area contributed by atoms with Crippen molar-refractivity contribution in [1.82, 2.24) is 4.90 Å². The maximum atomic E-state index is 12.7. The number of hydrogen-bond acceptors (Lipinski definition) is 2. The molecule has 0 saturated carbocycles. The summed E-state index contributed by atoms with van der Waals surface area (Å²) in [5.74, 6) is 1.01. The average Bonchev–Trinajstić information content (AvgIpc) is 2.69. The van der Waals surface area contributed by atoms with Gasteiger partial charge < -0.3 is 9.80 Å². The quantitative estimate of drug-likeness (QED) is 0.711. The topological polar surface area (TPSA) is 23.6 Å². The van der Waals surface area contributed by atoms with Gasteiger partial charge in [-0.25, -0.2) is 0 Å². The van der Waals surface area contributed by atoms with Crippen molar-refractivity contribution >= 4 is 11.6 Å². The Morgan fingerprint density at radius 2 is 1.81 bits per heavy atom. The van der Waals surface area contributed by atoms with Crippen molar-refractivity contribution in [3.63, 3.8) is 0 Å². The smallest absolute Gasteiger partial charge is 0.228 e. The number of likely N-dealkylation sites (tertiary alicyclic amines) is 1. The van der Waals surface area contributed by atoms with Crippen LogP contribution < -0.4 is 4.90 Å². The minimum atomic E-state index is 0.231. The van der Waals surface area contributed by atoms with E-state index in [-0.39, 0.29) is 5.91 Å². The molecule has 3 heteroatoms. The zero-order chi connectivity index (χ0) is 19.1. The molecule has 0 radical (unpaired) electrons. The molecule has 1 fully saturated rings. The molecule has 1 heterocycles. The Hall–Kier alpha value is -2.13. The summed E-state index contributed by atoms with van der Waals surface area (Å²) >= 11 is 0. The van der Waals surface area contributed by atoms with E-state index in [1.807, 2.05) is 17.0 Å². The monoisotopic (exact) mass is 364 g/mol. The first kappa shape index (κ1) is 19.6. The third kappa shape index (κ3) is 5.67. The molecule has 0 aliphatic carbocycles. The van der Waals surface area contributed by atoms with E-state index in [1.165, 1.54) is 30.4 Å². The number of hydrogen-bond donors (Lipinski definition) is 0. The fraction of sp³-hybridized carbons (Fsp3) is 0.458. The Morgan fingerprint density at radius 1 is 1.07 bits per heavy atom. The number of carbonyl (C=O) groups is 1. The van der Waals surface area contributed by atoms with Gasteiger partial charge in [-0.1, -0.05) is 42.5 Å². The maximum Gasteiger partial charge on any atom is 0.228 e. The van der Waals surface area contributed by atoms with E-state index >= 15 is 0 Å². The molecule has 1 amide bonds. The van der Waals surface area contributed by atoms with Gasteiger partial charge in [0.1, 0.15) is 0 Å². The average molecular weight is 365 g/mol. The summed E-state index contributed by atoms with van der Waals surface area (Å²) in [6, 6.07) is 19.0. The van der Waals surface area contributed by atoms with Crippen LogP contribution in [0, 0.1) is 12.8 Å². The van der Waals surface area contributed by atoms with Crippen LogP contribution in [0.2, 0.25) is 0 Å². The molecular weight excluding hydrogens is 332 g/mol. The van der Waals surface area contributed by atoms with Crippen LogP contribution in [0.4, 0.5) is 5.69 Å². The molecule has 0 N–H and O–H groups in total. The molecule has 0 aromatic heterocycles. The van der Waals surface area contributed by atoms with E-state index in [0.29, 0.717) is 6.42 Å². The largest absolute Gasteiger partial charge is 0.313 e. The summed E-state index contributed by atoms with van der Waals surface area (Å²) in [5, 5.41) is 0.